The minimum absolute atomic E-state index is 0.0207. The molecule has 8 heteroatoms. The van der Waals surface area contributed by atoms with Crippen molar-refractivity contribution in [1.29, 1.82) is 0 Å². The van der Waals surface area contributed by atoms with Crippen molar-refractivity contribution in [3.8, 4) is 0 Å². The van der Waals surface area contributed by atoms with E-state index >= 15 is 0 Å². The fraction of sp³-hybridized carbons (Fsp3) is 0.619. The van der Waals surface area contributed by atoms with Crippen molar-refractivity contribution in [2.45, 2.75) is 70.6 Å². The van der Waals surface area contributed by atoms with Gasteiger partial charge in [0.2, 0.25) is 0 Å². The predicted molar refractivity (Wildman–Crippen MR) is 108 cm³/mol. The highest BCUT2D eigenvalue weighted by atomic mass is 16.5. The minimum Gasteiger partial charge on any atom is -0.383 e. The Labute approximate surface area is 171 Å². The molecule has 2 aliphatic rings. The average Bonchev–Trinajstić information content (AvgIpc) is 3.27. The second-order valence-corrected chi connectivity index (χ2v) is 8.97. The van der Waals surface area contributed by atoms with Crippen molar-refractivity contribution >= 4 is 6.03 Å². The van der Waals surface area contributed by atoms with Crippen molar-refractivity contribution in [3.05, 3.63) is 41.2 Å². The molecule has 2 bridgehead atoms. The highest BCUT2D eigenvalue weighted by molar-refractivity contribution is 5.76. The molecule has 4 rings (SSSR count). The van der Waals surface area contributed by atoms with Crippen LogP contribution >= 0.6 is 0 Å². The molecule has 2 aromatic rings. The fourth-order valence-electron chi connectivity index (χ4n) is 4.22. The van der Waals surface area contributed by atoms with E-state index in [2.05, 4.69) is 36.2 Å². The zero-order valence-electron chi connectivity index (χ0n) is 17.7. The summed E-state index contributed by atoms with van der Waals surface area (Å²) in [5.74, 6) is 0.874. The maximum atomic E-state index is 13.0. The zero-order chi connectivity index (χ0) is 20.6. The molecule has 156 valence electrons. The van der Waals surface area contributed by atoms with Crippen molar-refractivity contribution < 1.29 is 9.53 Å². The van der Waals surface area contributed by atoms with Gasteiger partial charge in [0.05, 0.1) is 31.1 Å². The Balaban J connectivity index is 1.43. The third-order valence-electron chi connectivity index (χ3n) is 5.75. The summed E-state index contributed by atoms with van der Waals surface area (Å²) in [5.41, 5.74) is 3.13. The summed E-state index contributed by atoms with van der Waals surface area (Å²) in [6.45, 7) is 8.17. The van der Waals surface area contributed by atoms with E-state index < -0.39 is 0 Å². The van der Waals surface area contributed by atoms with Gasteiger partial charge in [0.15, 0.2) is 0 Å². The van der Waals surface area contributed by atoms with Gasteiger partial charge in [-0.2, -0.15) is 5.10 Å². The van der Waals surface area contributed by atoms with Crippen LogP contribution in [0.4, 0.5) is 4.79 Å². The van der Waals surface area contributed by atoms with Gasteiger partial charge in [-0.1, -0.05) is 20.8 Å². The monoisotopic (exact) mass is 398 g/mol. The molecule has 2 aliphatic heterocycles. The number of ether oxygens (including phenoxy) is 1. The van der Waals surface area contributed by atoms with Gasteiger partial charge in [0, 0.05) is 55.1 Å². The van der Waals surface area contributed by atoms with E-state index in [1.54, 1.807) is 13.3 Å². The van der Waals surface area contributed by atoms with Gasteiger partial charge in [-0.05, 0) is 12.8 Å². The van der Waals surface area contributed by atoms with Crippen molar-refractivity contribution in [2.24, 2.45) is 0 Å². The van der Waals surface area contributed by atoms with Crippen LogP contribution in [0.15, 0.2) is 18.6 Å². The van der Waals surface area contributed by atoms with Gasteiger partial charge in [-0.15, -0.1) is 0 Å². The Bertz CT molecular complexity index is 888. The molecule has 0 spiro atoms. The summed E-state index contributed by atoms with van der Waals surface area (Å²) in [6.07, 6.45) is 8.46. The second kappa shape index (κ2) is 7.74. The van der Waals surface area contributed by atoms with Crippen LogP contribution in [0.2, 0.25) is 0 Å². The van der Waals surface area contributed by atoms with E-state index in [9.17, 15) is 4.79 Å². The molecule has 0 aromatic carbocycles. The second-order valence-electron chi connectivity index (χ2n) is 8.97. The van der Waals surface area contributed by atoms with E-state index in [4.69, 9.17) is 9.72 Å². The maximum Gasteiger partial charge on any atom is 0.318 e. The number of hydrogen-bond donors (Lipinski definition) is 1. The summed E-state index contributed by atoms with van der Waals surface area (Å²) in [6, 6.07) is 0.259. The summed E-state index contributed by atoms with van der Waals surface area (Å²) in [4.78, 5) is 24.4. The highest BCUT2D eigenvalue weighted by Gasteiger charge is 2.43. The molecule has 0 radical (unpaired) electrons. The molecule has 8 nitrogen and oxygen atoms in total. The van der Waals surface area contributed by atoms with E-state index in [1.807, 2.05) is 22.0 Å². The quantitative estimate of drug-likeness (QED) is 0.837. The molecule has 29 heavy (non-hydrogen) atoms. The number of nitrogens with zero attached hydrogens (tertiary/aromatic N) is 5. The first-order chi connectivity index (χ1) is 13.9. The number of methoxy groups -OCH3 is 1. The molecule has 2 atom stereocenters. The number of aromatic nitrogens is 4. The van der Waals surface area contributed by atoms with Crippen LogP contribution in [-0.2, 0) is 29.7 Å². The van der Waals surface area contributed by atoms with Gasteiger partial charge in [-0.25, -0.2) is 14.8 Å². The van der Waals surface area contributed by atoms with Crippen LogP contribution in [0, 0.1) is 0 Å². The molecular weight excluding hydrogens is 368 g/mol. The molecule has 1 fully saturated rings. The van der Waals surface area contributed by atoms with Crippen molar-refractivity contribution in [2.75, 3.05) is 13.7 Å². The zero-order valence-corrected chi connectivity index (χ0v) is 17.7. The Kier molecular flexibility index (Phi) is 5.29. The largest absolute Gasteiger partial charge is 0.383 e. The predicted octanol–water partition coefficient (Wildman–Crippen LogP) is 2.59. The third-order valence-corrected chi connectivity index (χ3v) is 5.75. The van der Waals surface area contributed by atoms with Gasteiger partial charge in [0.1, 0.15) is 5.82 Å². The molecule has 4 heterocycles. The molecule has 2 unspecified atom stereocenters. The lowest BCUT2D eigenvalue weighted by Crippen LogP contribution is -2.47. The first kappa shape index (κ1) is 19.8. The maximum absolute atomic E-state index is 13.0. The van der Waals surface area contributed by atoms with Crippen LogP contribution in [-0.4, -0.2) is 50.4 Å². The standard InChI is InChI=1S/C21H30N6O2/c1-21(2,3)19-22-12-16-17(25-19)9-15-5-6-18(16)27(15)20(28)23-10-14-11-24-26(13-14)7-8-29-4/h11-13,15,18H,5-10H2,1-4H3,(H,23,28). The van der Waals surface area contributed by atoms with E-state index in [-0.39, 0.29) is 23.5 Å². The molecular formula is C21H30N6O2. The number of carbonyl (C=O) groups excluding carboxylic acids is 1. The molecule has 2 aromatic heterocycles. The SMILES string of the molecule is COCCn1cc(CNC(=O)N2C3CCC2c2cnc(C(C)(C)C)nc2C3)cn1. The molecule has 2 amide bonds. The highest BCUT2D eigenvalue weighted by Crippen LogP contribution is 2.43. The first-order valence-corrected chi connectivity index (χ1v) is 10.3. The summed E-state index contributed by atoms with van der Waals surface area (Å²) in [5, 5.41) is 7.37. The van der Waals surface area contributed by atoms with Crippen molar-refractivity contribution in [3.63, 3.8) is 0 Å². The number of amides is 2. The Morgan fingerprint density at radius 3 is 2.90 bits per heavy atom. The average molecular weight is 399 g/mol. The molecule has 1 saturated heterocycles. The topological polar surface area (TPSA) is 85.2 Å². The van der Waals surface area contributed by atoms with E-state index in [1.165, 1.54) is 0 Å². The minimum atomic E-state index is -0.0731. The molecule has 1 N–H and O–H groups in total. The smallest absolute Gasteiger partial charge is 0.318 e. The summed E-state index contributed by atoms with van der Waals surface area (Å²) >= 11 is 0. The Hall–Kier alpha value is -2.48. The van der Waals surface area contributed by atoms with E-state index in [0.717, 1.165) is 41.9 Å². The number of hydrogen-bond acceptors (Lipinski definition) is 5. The van der Waals surface area contributed by atoms with E-state index in [0.29, 0.717) is 19.7 Å². The van der Waals surface area contributed by atoms with Gasteiger partial charge >= 0.3 is 6.03 Å². The van der Waals surface area contributed by atoms with Gasteiger partial charge in [0.25, 0.3) is 0 Å². The number of carbonyl (C=O) groups is 1. The molecule has 0 aliphatic carbocycles. The lowest BCUT2D eigenvalue weighted by Gasteiger charge is -2.36. The van der Waals surface area contributed by atoms with Crippen LogP contribution in [0.25, 0.3) is 0 Å². The first-order valence-electron chi connectivity index (χ1n) is 10.3. The normalized spacial score (nSPS) is 20.6. The number of rotatable bonds is 5. The van der Waals surface area contributed by atoms with Crippen LogP contribution in [0.3, 0.4) is 0 Å². The van der Waals surface area contributed by atoms with Crippen LogP contribution in [0.5, 0.6) is 0 Å². The number of nitrogens with one attached hydrogen (secondary N) is 1. The van der Waals surface area contributed by atoms with Crippen LogP contribution in [0.1, 0.15) is 62.3 Å². The lowest BCUT2D eigenvalue weighted by molar-refractivity contribution is 0.164. The molecule has 0 saturated carbocycles. The van der Waals surface area contributed by atoms with Gasteiger partial charge in [-0.3, -0.25) is 4.68 Å². The summed E-state index contributed by atoms with van der Waals surface area (Å²) in [7, 11) is 1.67. The summed E-state index contributed by atoms with van der Waals surface area (Å²) < 4.78 is 6.90. The van der Waals surface area contributed by atoms with Crippen molar-refractivity contribution in [1.82, 2.24) is 30.0 Å². The number of fused-ring (bicyclic) bond motifs is 4. The third kappa shape index (κ3) is 3.99. The van der Waals surface area contributed by atoms with Crippen LogP contribution < -0.4 is 5.32 Å². The van der Waals surface area contributed by atoms with Gasteiger partial charge < -0.3 is 15.0 Å². The Morgan fingerprint density at radius 1 is 1.31 bits per heavy atom. The fourth-order valence-corrected chi connectivity index (χ4v) is 4.22. The number of urea groups is 1. The lowest BCUT2D eigenvalue weighted by atomic mass is 9.93. The Morgan fingerprint density at radius 2 is 2.14 bits per heavy atom.